The first kappa shape index (κ1) is 14.5. The highest BCUT2D eigenvalue weighted by Crippen LogP contribution is 2.14. The van der Waals surface area contributed by atoms with Gasteiger partial charge in [-0.25, -0.2) is 9.97 Å². The van der Waals surface area contributed by atoms with Gasteiger partial charge in [-0.15, -0.1) is 0 Å². The average Bonchev–Trinajstić information content (AvgIpc) is 2.53. The molecule has 0 aliphatic carbocycles. The second-order valence-corrected chi connectivity index (χ2v) is 4.90. The van der Waals surface area contributed by atoms with Crippen molar-refractivity contribution >= 4 is 11.8 Å². The fourth-order valence-electron chi connectivity index (χ4n) is 2.55. The van der Waals surface area contributed by atoms with Crippen molar-refractivity contribution < 1.29 is 5.21 Å². The van der Waals surface area contributed by atoms with E-state index in [0.29, 0.717) is 5.84 Å². The van der Waals surface area contributed by atoms with E-state index in [1.807, 2.05) is 6.07 Å². The van der Waals surface area contributed by atoms with Crippen LogP contribution in [0.15, 0.2) is 23.6 Å². The SMILES string of the molecule is CCCC(C(N)=NO)N1CCN(c2ncccn2)CC1. The third-order valence-electron chi connectivity index (χ3n) is 3.61. The summed E-state index contributed by atoms with van der Waals surface area (Å²) in [4.78, 5) is 13.0. The molecule has 1 aromatic heterocycles. The van der Waals surface area contributed by atoms with E-state index in [2.05, 4.69) is 31.8 Å². The molecule has 0 aromatic carbocycles. The molecular formula is C13H22N6O. The van der Waals surface area contributed by atoms with Gasteiger partial charge < -0.3 is 15.8 Å². The molecule has 1 aliphatic heterocycles. The molecule has 1 fully saturated rings. The van der Waals surface area contributed by atoms with E-state index < -0.39 is 0 Å². The predicted octanol–water partition coefficient (Wildman–Crippen LogP) is 0.514. The monoisotopic (exact) mass is 278 g/mol. The van der Waals surface area contributed by atoms with Crippen LogP contribution in [-0.4, -0.2) is 58.1 Å². The number of piperazine rings is 1. The number of nitrogens with two attached hydrogens (primary N) is 1. The lowest BCUT2D eigenvalue weighted by Crippen LogP contribution is -2.54. The number of oxime groups is 1. The number of nitrogens with zero attached hydrogens (tertiary/aromatic N) is 5. The molecule has 0 bridgehead atoms. The molecule has 1 aliphatic rings. The Morgan fingerprint density at radius 2 is 2.00 bits per heavy atom. The smallest absolute Gasteiger partial charge is 0.225 e. The number of amidine groups is 1. The Balaban J connectivity index is 1.96. The molecule has 2 heterocycles. The normalized spacial score (nSPS) is 19.1. The predicted molar refractivity (Wildman–Crippen MR) is 77.9 cm³/mol. The number of hydrogen-bond acceptors (Lipinski definition) is 6. The van der Waals surface area contributed by atoms with Crippen LogP contribution < -0.4 is 10.6 Å². The minimum Gasteiger partial charge on any atom is -0.409 e. The van der Waals surface area contributed by atoms with Crippen LogP contribution in [0.25, 0.3) is 0 Å². The Hall–Kier alpha value is -1.89. The standard InChI is InChI=1S/C13H22N6O/c1-2-4-11(12(14)17-20)18-7-9-19(10-8-18)13-15-5-3-6-16-13/h3,5-6,11,20H,2,4,7-10H2,1H3,(H2,14,17). The van der Waals surface area contributed by atoms with Crippen molar-refractivity contribution in [2.75, 3.05) is 31.1 Å². The zero-order chi connectivity index (χ0) is 14.4. The lowest BCUT2D eigenvalue weighted by molar-refractivity contribution is 0.210. The summed E-state index contributed by atoms with van der Waals surface area (Å²) in [6, 6.07) is 1.83. The van der Waals surface area contributed by atoms with Crippen LogP contribution >= 0.6 is 0 Å². The maximum atomic E-state index is 8.90. The molecule has 0 radical (unpaired) electrons. The summed E-state index contributed by atoms with van der Waals surface area (Å²) < 4.78 is 0. The van der Waals surface area contributed by atoms with Crippen LogP contribution in [0.4, 0.5) is 5.95 Å². The topological polar surface area (TPSA) is 90.9 Å². The van der Waals surface area contributed by atoms with E-state index in [-0.39, 0.29) is 6.04 Å². The number of aromatic nitrogens is 2. The van der Waals surface area contributed by atoms with Gasteiger partial charge in [0.15, 0.2) is 5.84 Å². The number of hydrogen-bond donors (Lipinski definition) is 2. The Bertz CT molecular complexity index is 430. The largest absolute Gasteiger partial charge is 0.409 e. The van der Waals surface area contributed by atoms with Crippen LogP contribution in [-0.2, 0) is 0 Å². The van der Waals surface area contributed by atoms with Gasteiger partial charge in [0.2, 0.25) is 5.95 Å². The molecule has 1 unspecified atom stereocenters. The second-order valence-electron chi connectivity index (χ2n) is 4.90. The summed E-state index contributed by atoms with van der Waals surface area (Å²) in [7, 11) is 0. The third kappa shape index (κ3) is 3.36. The van der Waals surface area contributed by atoms with E-state index in [4.69, 9.17) is 10.9 Å². The summed E-state index contributed by atoms with van der Waals surface area (Å²) >= 11 is 0. The van der Waals surface area contributed by atoms with E-state index in [9.17, 15) is 0 Å². The molecule has 1 aromatic rings. The van der Waals surface area contributed by atoms with Gasteiger partial charge in [-0.05, 0) is 12.5 Å². The van der Waals surface area contributed by atoms with Crippen molar-refractivity contribution in [3.63, 3.8) is 0 Å². The van der Waals surface area contributed by atoms with Gasteiger partial charge in [-0.3, -0.25) is 4.90 Å². The van der Waals surface area contributed by atoms with Gasteiger partial charge in [-0.1, -0.05) is 18.5 Å². The highest BCUT2D eigenvalue weighted by Gasteiger charge is 2.26. The fraction of sp³-hybridized carbons (Fsp3) is 0.615. The van der Waals surface area contributed by atoms with Gasteiger partial charge in [0, 0.05) is 38.6 Å². The first-order valence-corrected chi connectivity index (χ1v) is 6.99. The molecule has 7 heteroatoms. The first-order chi connectivity index (χ1) is 9.76. The first-order valence-electron chi connectivity index (χ1n) is 6.99. The van der Waals surface area contributed by atoms with E-state index in [1.165, 1.54) is 0 Å². The maximum Gasteiger partial charge on any atom is 0.225 e. The van der Waals surface area contributed by atoms with Crippen LogP contribution in [0.5, 0.6) is 0 Å². The van der Waals surface area contributed by atoms with Crippen LogP contribution in [0.3, 0.4) is 0 Å². The van der Waals surface area contributed by atoms with Crippen LogP contribution in [0.2, 0.25) is 0 Å². The molecule has 0 saturated carbocycles. The lowest BCUT2D eigenvalue weighted by Gasteiger charge is -2.38. The Morgan fingerprint density at radius 3 is 2.55 bits per heavy atom. The summed E-state index contributed by atoms with van der Waals surface area (Å²) in [6.45, 7) is 5.52. The summed E-state index contributed by atoms with van der Waals surface area (Å²) in [5, 5.41) is 12.1. The molecule has 110 valence electrons. The molecule has 3 N–H and O–H groups in total. The minimum atomic E-state index is 0.0174. The summed E-state index contributed by atoms with van der Waals surface area (Å²) in [6.07, 6.45) is 5.41. The molecule has 0 amide bonds. The Morgan fingerprint density at radius 1 is 1.35 bits per heavy atom. The second kappa shape index (κ2) is 7.04. The van der Waals surface area contributed by atoms with Crippen molar-refractivity contribution in [3.05, 3.63) is 18.5 Å². The zero-order valence-corrected chi connectivity index (χ0v) is 11.8. The minimum absolute atomic E-state index is 0.0174. The molecule has 7 nitrogen and oxygen atoms in total. The third-order valence-corrected chi connectivity index (χ3v) is 3.61. The average molecular weight is 278 g/mol. The zero-order valence-electron chi connectivity index (χ0n) is 11.8. The van der Waals surface area contributed by atoms with Crippen molar-refractivity contribution in [1.82, 2.24) is 14.9 Å². The fourth-order valence-corrected chi connectivity index (χ4v) is 2.55. The number of anilines is 1. The van der Waals surface area contributed by atoms with Gasteiger partial charge >= 0.3 is 0 Å². The molecular weight excluding hydrogens is 256 g/mol. The van der Waals surface area contributed by atoms with E-state index in [1.54, 1.807) is 12.4 Å². The number of rotatable bonds is 5. The molecule has 20 heavy (non-hydrogen) atoms. The Kier molecular flexibility index (Phi) is 5.11. The van der Waals surface area contributed by atoms with Crippen molar-refractivity contribution in [3.8, 4) is 0 Å². The van der Waals surface area contributed by atoms with E-state index in [0.717, 1.165) is 45.0 Å². The van der Waals surface area contributed by atoms with Crippen molar-refractivity contribution in [2.24, 2.45) is 10.9 Å². The molecule has 1 atom stereocenters. The quantitative estimate of drug-likeness (QED) is 0.353. The van der Waals surface area contributed by atoms with Gasteiger partial charge in [0.25, 0.3) is 0 Å². The van der Waals surface area contributed by atoms with Crippen molar-refractivity contribution in [1.29, 1.82) is 0 Å². The molecule has 1 saturated heterocycles. The van der Waals surface area contributed by atoms with E-state index >= 15 is 0 Å². The Labute approximate surface area is 119 Å². The van der Waals surface area contributed by atoms with Gasteiger partial charge in [0.1, 0.15) is 0 Å². The maximum absolute atomic E-state index is 8.90. The van der Waals surface area contributed by atoms with Crippen LogP contribution in [0, 0.1) is 0 Å². The molecule has 0 spiro atoms. The summed E-state index contributed by atoms with van der Waals surface area (Å²) in [5.41, 5.74) is 5.80. The lowest BCUT2D eigenvalue weighted by atomic mass is 10.1. The highest BCUT2D eigenvalue weighted by atomic mass is 16.4. The van der Waals surface area contributed by atoms with Gasteiger partial charge in [0.05, 0.1) is 6.04 Å². The van der Waals surface area contributed by atoms with Crippen LogP contribution in [0.1, 0.15) is 19.8 Å². The summed E-state index contributed by atoms with van der Waals surface area (Å²) in [5.74, 6) is 1.07. The highest BCUT2D eigenvalue weighted by molar-refractivity contribution is 5.85. The van der Waals surface area contributed by atoms with Gasteiger partial charge in [-0.2, -0.15) is 0 Å². The molecule has 2 rings (SSSR count). The van der Waals surface area contributed by atoms with Crippen molar-refractivity contribution in [2.45, 2.75) is 25.8 Å².